The van der Waals surface area contributed by atoms with E-state index in [4.69, 9.17) is 12.2 Å². The van der Waals surface area contributed by atoms with Crippen LogP contribution in [0.25, 0.3) is 6.08 Å². The number of phenols is 1. The molecule has 2 aromatic carbocycles. The molecule has 0 atom stereocenters. The highest BCUT2D eigenvalue weighted by Gasteiger charge is 2.02. The van der Waals surface area contributed by atoms with E-state index in [1.54, 1.807) is 24.3 Å². The van der Waals surface area contributed by atoms with Crippen molar-refractivity contribution < 1.29 is 9.90 Å². The van der Waals surface area contributed by atoms with Gasteiger partial charge in [-0.15, -0.1) is 0 Å². The van der Waals surface area contributed by atoms with Crippen molar-refractivity contribution in [2.45, 2.75) is 6.92 Å². The fourth-order valence-corrected chi connectivity index (χ4v) is 1.97. The van der Waals surface area contributed by atoms with E-state index in [1.165, 1.54) is 12.1 Å². The lowest BCUT2D eigenvalue weighted by molar-refractivity contribution is -0.115. The van der Waals surface area contributed by atoms with E-state index in [9.17, 15) is 9.90 Å². The number of hydrogen-bond acceptors (Lipinski definition) is 3. The largest absolute Gasteiger partial charge is 0.508 e. The maximum atomic E-state index is 11.8. The van der Waals surface area contributed by atoms with E-state index in [-0.39, 0.29) is 16.8 Å². The van der Waals surface area contributed by atoms with Gasteiger partial charge >= 0.3 is 0 Å². The third-order valence-corrected chi connectivity index (χ3v) is 3.05. The molecule has 0 aromatic heterocycles. The summed E-state index contributed by atoms with van der Waals surface area (Å²) in [7, 11) is 0. The molecule has 0 saturated carbocycles. The molecule has 0 fully saturated rings. The third-order valence-electron chi connectivity index (χ3n) is 2.85. The molecule has 0 saturated heterocycles. The highest BCUT2D eigenvalue weighted by atomic mass is 32.1. The van der Waals surface area contributed by atoms with Crippen LogP contribution in [0.4, 0.5) is 5.69 Å². The minimum absolute atomic E-state index is 0.124. The molecule has 0 radical (unpaired) electrons. The van der Waals surface area contributed by atoms with Crippen molar-refractivity contribution in [2.75, 3.05) is 5.32 Å². The Labute approximate surface area is 134 Å². The molecule has 0 aliphatic heterocycles. The van der Waals surface area contributed by atoms with Gasteiger partial charge in [0.05, 0.1) is 0 Å². The van der Waals surface area contributed by atoms with Crippen LogP contribution in [0.15, 0.2) is 54.6 Å². The molecule has 1 amide bonds. The third kappa shape index (κ3) is 5.03. The number of benzene rings is 2. The van der Waals surface area contributed by atoms with Crippen molar-refractivity contribution in [1.29, 1.82) is 0 Å². The van der Waals surface area contributed by atoms with E-state index in [2.05, 4.69) is 10.6 Å². The van der Waals surface area contributed by atoms with E-state index in [0.29, 0.717) is 5.69 Å². The summed E-state index contributed by atoms with van der Waals surface area (Å²) in [6.45, 7) is 2.01. The van der Waals surface area contributed by atoms with Crippen LogP contribution < -0.4 is 10.6 Å². The first-order valence-corrected chi connectivity index (χ1v) is 7.09. The Hall–Kier alpha value is -2.66. The van der Waals surface area contributed by atoms with Gasteiger partial charge in [0.2, 0.25) is 5.91 Å². The van der Waals surface area contributed by atoms with E-state index in [1.807, 2.05) is 31.2 Å². The van der Waals surface area contributed by atoms with Gasteiger partial charge in [-0.3, -0.25) is 10.1 Å². The number of anilines is 1. The highest BCUT2D eigenvalue weighted by Crippen LogP contribution is 2.15. The summed E-state index contributed by atoms with van der Waals surface area (Å²) >= 11 is 5.04. The van der Waals surface area contributed by atoms with Crippen LogP contribution in [0.5, 0.6) is 5.75 Å². The Morgan fingerprint density at radius 3 is 2.59 bits per heavy atom. The van der Waals surface area contributed by atoms with Gasteiger partial charge in [-0.1, -0.05) is 35.9 Å². The number of hydrogen-bond donors (Lipinski definition) is 3. The summed E-state index contributed by atoms with van der Waals surface area (Å²) in [5, 5.41) is 14.9. The first kappa shape index (κ1) is 15.7. The molecule has 0 heterocycles. The molecule has 22 heavy (non-hydrogen) atoms. The normalized spacial score (nSPS) is 10.4. The summed E-state index contributed by atoms with van der Waals surface area (Å²) in [5.74, 6) is -0.198. The zero-order valence-corrected chi connectivity index (χ0v) is 12.9. The van der Waals surface area contributed by atoms with Crippen LogP contribution in [0.1, 0.15) is 11.1 Å². The lowest BCUT2D eigenvalue weighted by Crippen LogP contribution is -2.32. The van der Waals surface area contributed by atoms with Crippen molar-refractivity contribution in [2.24, 2.45) is 0 Å². The number of carbonyl (C=O) groups excluding carboxylic acids is 1. The minimum atomic E-state index is -0.321. The van der Waals surface area contributed by atoms with Gasteiger partial charge < -0.3 is 10.4 Å². The quantitative estimate of drug-likeness (QED) is 0.601. The van der Waals surface area contributed by atoms with Crippen LogP contribution >= 0.6 is 12.2 Å². The van der Waals surface area contributed by atoms with Gasteiger partial charge in [0, 0.05) is 17.8 Å². The summed E-state index contributed by atoms with van der Waals surface area (Å²) in [5.41, 5.74) is 2.71. The Bertz CT molecular complexity index is 709. The van der Waals surface area contributed by atoms with Gasteiger partial charge in [-0.05, 0) is 42.9 Å². The zero-order valence-electron chi connectivity index (χ0n) is 12.0. The highest BCUT2D eigenvalue weighted by molar-refractivity contribution is 7.80. The number of aromatic hydroxyl groups is 1. The summed E-state index contributed by atoms with van der Waals surface area (Å²) in [6, 6.07) is 14.3. The lowest BCUT2D eigenvalue weighted by atomic mass is 10.1. The Morgan fingerprint density at radius 1 is 1.18 bits per heavy atom. The molecular formula is C17H16N2O2S. The number of carbonyl (C=O) groups is 1. The van der Waals surface area contributed by atoms with Gasteiger partial charge in [0.25, 0.3) is 0 Å². The predicted octanol–water partition coefficient (Wildman–Crippen LogP) is 3.23. The zero-order chi connectivity index (χ0) is 15.9. The summed E-state index contributed by atoms with van der Waals surface area (Å²) in [6.07, 6.45) is 3.13. The van der Waals surface area contributed by atoms with Gasteiger partial charge in [0.1, 0.15) is 5.75 Å². The minimum Gasteiger partial charge on any atom is -0.508 e. The second kappa shape index (κ2) is 7.38. The van der Waals surface area contributed by atoms with Crippen LogP contribution in [-0.4, -0.2) is 16.1 Å². The molecule has 5 heteroatoms. The topological polar surface area (TPSA) is 61.4 Å². The predicted molar refractivity (Wildman–Crippen MR) is 92.7 cm³/mol. The summed E-state index contributed by atoms with van der Waals surface area (Å²) in [4.78, 5) is 11.8. The van der Waals surface area contributed by atoms with Gasteiger partial charge in [0.15, 0.2) is 5.11 Å². The van der Waals surface area contributed by atoms with Crippen LogP contribution in [0.3, 0.4) is 0 Å². The molecular weight excluding hydrogens is 296 g/mol. The fraction of sp³-hybridized carbons (Fsp3) is 0.0588. The van der Waals surface area contributed by atoms with Crippen molar-refractivity contribution >= 4 is 35.0 Å². The first-order valence-electron chi connectivity index (χ1n) is 6.69. The van der Waals surface area contributed by atoms with Crippen LogP contribution in [-0.2, 0) is 4.79 Å². The first-order chi connectivity index (χ1) is 10.5. The maximum absolute atomic E-state index is 11.8. The average Bonchev–Trinajstić information content (AvgIpc) is 2.46. The molecule has 112 valence electrons. The lowest BCUT2D eigenvalue weighted by Gasteiger charge is -2.08. The average molecular weight is 312 g/mol. The maximum Gasteiger partial charge on any atom is 0.250 e. The van der Waals surface area contributed by atoms with Crippen molar-refractivity contribution in [3.8, 4) is 5.75 Å². The molecule has 0 bridgehead atoms. The Morgan fingerprint density at radius 2 is 1.91 bits per heavy atom. The molecule has 0 spiro atoms. The summed E-state index contributed by atoms with van der Waals surface area (Å²) < 4.78 is 0. The molecule has 2 aromatic rings. The van der Waals surface area contributed by atoms with Gasteiger partial charge in [-0.2, -0.15) is 0 Å². The molecule has 0 aliphatic carbocycles. The SMILES string of the molecule is Cc1ccc(C=CC(=O)NC(=S)Nc2cccc(O)c2)cc1. The van der Waals surface area contributed by atoms with Crippen molar-refractivity contribution in [1.82, 2.24) is 5.32 Å². The molecule has 0 aliphatic rings. The van der Waals surface area contributed by atoms with E-state index < -0.39 is 0 Å². The number of phenolic OH excluding ortho intramolecular Hbond substituents is 1. The van der Waals surface area contributed by atoms with Crippen LogP contribution in [0, 0.1) is 6.92 Å². The number of thiocarbonyl (C=S) groups is 1. The van der Waals surface area contributed by atoms with E-state index >= 15 is 0 Å². The smallest absolute Gasteiger partial charge is 0.250 e. The number of nitrogens with one attached hydrogen (secondary N) is 2. The molecule has 4 nitrogen and oxygen atoms in total. The molecule has 0 unspecified atom stereocenters. The standard InChI is InChI=1S/C17H16N2O2S/c1-12-5-7-13(8-6-12)9-10-16(21)19-17(22)18-14-3-2-4-15(20)11-14/h2-11,20H,1H3,(H2,18,19,21,22). The number of amides is 1. The van der Waals surface area contributed by atoms with E-state index in [0.717, 1.165) is 11.1 Å². The molecule has 3 N–H and O–H groups in total. The molecule has 2 rings (SSSR count). The Balaban J connectivity index is 1.88. The fourth-order valence-electron chi connectivity index (χ4n) is 1.75. The number of rotatable bonds is 3. The Kier molecular flexibility index (Phi) is 5.27. The monoisotopic (exact) mass is 312 g/mol. The van der Waals surface area contributed by atoms with Crippen molar-refractivity contribution in [3.05, 3.63) is 65.7 Å². The second-order valence-electron chi connectivity index (χ2n) is 4.74. The second-order valence-corrected chi connectivity index (χ2v) is 5.15. The number of aryl methyl sites for hydroxylation is 1. The van der Waals surface area contributed by atoms with Crippen molar-refractivity contribution in [3.63, 3.8) is 0 Å². The van der Waals surface area contributed by atoms with Gasteiger partial charge in [-0.25, -0.2) is 0 Å². The van der Waals surface area contributed by atoms with Crippen LogP contribution in [0.2, 0.25) is 0 Å².